The van der Waals surface area contributed by atoms with Crippen molar-refractivity contribution in [2.24, 2.45) is 11.8 Å². The van der Waals surface area contributed by atoms with E-state index < -0.39 is 0 Å². The molecule has 0 aromatic heterocycles. The second kappa shape index (κ2) is 9.72. The first-order valence-corrected chi connectivity index (χ1v) is 9.68. The highest BCUT2D eigenvalue weighted by molar-refractivity contribution is 5.77. The molecule has 1 fully saturated rings. The van der Waals surface area contributed by atoms with Crippen molar-refractivity contribution >= 4 is 11.9 Å². The first kappa shape index (κ1) is 20.4. The number of quaternary nitrogens is 1. The minimum absolute atomic E-state index is 0.00242. The molecule has 0 bridgehead atoms. The van der Waals surface area contributed by atoms with E-state index in [1.54, 1.807) is 0 Å². The van der Waals surface area contributed by atoms with Gasteiger partial charge in [-0.25, -0.2) is 0 Å². The van der Waals surface area contributed by atoms with Crippen molar-refractivity contribution in [1.29, 1.82) is 0 Å². The Hall–Kier alpha value is -1.88. The normalized spacial score (nSPS) is 21.3. The number of benzene rings is 1. The maximum atomic E-state index is 12.4. The van der Waals surface area contributed by atoms with Crippen molar-refractivity contribution in [3.8, 4) is 0 Å². The second-order valence-electron chi connectivity index (χ2n) is 7.85. The molecule has 0 spiro atoms. The molecule has 5 nitrogen and oxygen atoms in total. The molecule has 1 aromatic carbocycles. The number of likely N-dealkylation sites (tertiary alicyclic amines) is 1. The average molecular weight is 362 g/mol. The third-order valence-electron chi connectivity index (χ3n) is 5.14. The van der Waals surface area contributed by atoms with Crippen LogP contribution >= 0.6 is 0 Å². The van der Waals surface area contributed by atoms with Gasteiger partial charge in [0.25, 0.3) is 5.91 Å². The van der Waals surface area contributed by atoms with Crippen LogP contribution in [0.4, 0.5) is 0 Å². The lowest BCUT2D eigenvalue weighted by Gasteiger charge is -2.27. The average Bonchev–Trinajstić information content (AvgIpc) is 2.61. The van der Waals surface area contributed by atoms with Gasteiger partial charge in [0, 0.05) is 12.8 Å². The summed E-state index contributed by atoms with van der Waals surface area (Å²) in [6.07, 6.45) is 2.66. The number of piperidine rings is 1. The van der Waals surface area contributed by atoms with Crippen LogP contribution < -0.4 is 10.2 Å². The van der Waals surface area contributed by atoms with Gasteiger partial charge in [-0.3, -0.25) is 9.59 Å². The third kappa shape index (κ3) is 6.13. The van der Waals surface area contributed by atoms with Gasteiger partial charge in [-0.2, -0.15) is 0 Å². The van der Waals surface area contributed by atoms with Crippen LogP contribution in [-0.2, 0) is 20.7 Å². The van der Waals surface area contributed by atoms with E-state index in [1.807, 2.05) is 6.92 Å². The molecule has 0 saturated carbocycles. The highest BCUT2D eigenvalue weighted by Gasteiger charge is 2.29. The van der Waals surface area contributed by atoms with Gasteiger partial charge in [0.15, 0.2) is 6.54 Å². The van der Waals surface area contributed by atoms with Gasteiger partial charge < -0.3 is 15.0 Å². The fraction of sp³-hybridized carbons (Fsp3) is 0.619. The van der Waals surface area contributed by atoms with E-state index in [0.29, 0.717) is 12.5 Å². The van der Waals surface area contributed by atoms with Crippen LogP contribution in [0.2, 0.25) is 0 Å². The molecule has 1 aliphatic rings. The predicted molar refractivity (Wildman–Crippen MR) is 102 cm³/mol. The Morgan fingerprint density at radius 1 is 1.15 bits per heavy atom. The molecule has 1 aromatic rings. The number of hydrogen-bond donors (Lipinski definition) is 2. The fourth-order valence-corrected chi connectivity index (χ4v) is 3.62. The van der Waals surface area contributed by atoms with E-state index in [4.69, 9.17) is 4.74 Å². The van der Waals surface area contributed by atoms with Gasteiger partial charge in [-0.05, 0) is 30.4 Å². The lowest BCUT2D eigenvalue weighted by molar-refractivity contribution is -0.897. The molecule has 5 heteroatoms. The quantitative estimate of drug-likeness (QED) is 0.724. The van der Waals surface area contributed by atoms with Crippen LogP contribution in [0.15, 0.2) is 24.3 Å². The summed E-state index contributed by atoms with van der Waals surface area (Å²) in [6, 6.07) is 8.53. The molecule has 2 N–H and O–H groups in total. The van der Waals surface area contributed by atoms with E-state index in [9.17, 15) is 9.59 Å². The minimum atomic E-state index is -0.122. The maximum Gasteiger partial charge on any atom is 0.309 e. The molecule has 1 heterocycles. The molecule has 0 aliphatic carbocycles. The molecule has 0 unspecified atom stereocenters. The van der Waals surface area contributed by atoms with Crippen LogP contribution in [0.3, 0.4) is 0 Å². The van der Waals surface area contributed by atoms with Gasteiger partial charge in [0.05, 0.1) is 32.2 Å². The first-order valence-electron chi connectivity index (χ1n) is 9.68. The van der Waals surface area contributed by atoms with Gasteiger partial charge >= 0.3 is 5.97 Å². The highest BCUT2D eigenvalue weighted by Crippen LogP contribution is 2.15. The molecule has 144 valence electrons. The summed E-state index contributed by atoms with van der Waals surface area (Å²) in [5, 5.41) is 3.10. The van der Waals surface area contributed by atoms with E-state index in [0.717, 1.165) is 37.9 Å². The zero-order valence-electron chi connectivity index (χ0n) is 16.5. The summed E-state index contributed by atoms with van der Waals surface area (Å²) in [4.78, 5) is 25.2. The van der Waals surface area contributed by atoms with Gasteiger partial charge in [-0.1, -0.05) is 38.1 Å². The Morgan fingerprint density at radius 2 is 1.77 bits per heavy atom. The minimum Gasteiger partial charge on any atom is -0.469 e. The highest BCUT2D eigenvalue weighted by atomic mass is 16.5. The Kier molecular flexibility index (Phi) is 7.64. The smallest absolute Gasteiger partial charge is 0.309 e. The van der Waals surface area contributed by atoms with Crippen LogP contribution in [0.1, 0.15) is 50.8 Å². The second-order valence-corrected chi connectivity index (χ2v) is 7.85. The van der Waals surface area contributed by atoms with E-state index >= 15 is 0 Å². The number of esters is 1. The SMILES string of the molecule is COC(=O)C1CC[NH+](CC(=O)N[C@@H](C)c2ccc(CC(C)C)cc2)CC1. The Balaban J connectivity index is 1.78. The zero-order chi connectivity index (χ0) is 19.1. The first-order chi connectivity index (χ1) is 12.4. The molecule has 0 radical (unpaired) electrons. The summed E-state index contributed by atoms with van der Waals surface area (Å²) in [6.45, 7) is 8.59. The summed E-state index contributed by atoms with van der Waals surface area (Å²) in [5.74, 6) is 0.581. The van der Waals surface area contributed by atoms with Gasteiger partial charge in [-0.15, -0.1) is 0 Å². The number of methoxy groups -OCH3 is 1. The summed E-state index contributed by atoms with van der Waals surface area (Å²) in [7, 11) is 1.44. The molecule has 26 heavy (non-hydrogen) atoms. The Labute approximate surface area is 157 Å². The standard InChI is InChI=1S/C21H32N2O3/c1-15(2)13-17-5-7-18(8-6-17)16(3)22-20(24)14-23-11-9-19(10-12-23)21(25)26-4/h5-8,15-16,19H,9-14H2,1-4H3,(H,22,24)/p+1/t16-/m0/s1. The monoisotopic (exact) mass is 361 g/mol. The van der Waals surface area contributed by atoms with Crippen LogP contribution in [0, 0.1) is 11.8 Å². The lowest BCUT2D eigenvalue weighted by Crippen LogP contribution is -3.14. The Morgan fingerprint density at radius 3 is 2.31 bits per heavy atom. The van der Waals surface area contributed by atoms with Crippen molar-refractivity contribution in [2.75, 3.05) is 26.7 Å². The van der Waals surface area contributed by atoms with Crippen molar-refractivity contribution in [1.82, 2.24) is 5.32 Å². The molecule has 1 amide bonds. The van der Waals surface area contributed by atoms with Crippen molar-refractivity contribution < 1.29 is 19.2 Å². The zero-order valence-corrected chi connectivity index (χ0v) is 16.5. The van der Waals surface area contributed by atoms with Crippen LogP contribution in [0.5, 0.6) is 0 Å². The molecule has 1 atom stereocenters. The lowest BCUT2D eigenvalue weighted by atomic mass is 9.97. The topological polar surface area (TPSA) is 59.8 Å². The van der Waals surface area contributed by atoms with E-state index in [-0.39, 0.29) is 23.8 Å². The molecule has 1 aliphatic heterocycles. The molecule has 1 saturated heterocycles. The number of rotatable bonds is 7. The number of amides is 1. The van der Waals surface area contributed by atoms with E-state index in [1.165, 1.54) is 17.6 Å². The number of nitrogens with one attached hydrogen (secondary N) is 2. The fourth-order valence-electron chi connectivity index (χ4n) is 3.62. The predicted octanol–water partition coefficient (Wildman–Crippen LogP) is 1.53. The van der Waals surface area contributed by atoms with Crippen molar-refractivity contribution in [3.63, 3.8) is 0 Å². The van der Waals surface area contributed by atoms with Crippen molar-refractivity contribution in [3.05, 3.63) is 35.4 Å². The van der Waals surface area contributed by atoms with Gasteiger partial charge in [0.1, 0.15) is 0 Å². The number of carbonyl (C=O) groups excluding carboxylic acids is 2. The Bertz CT molecular complexity index is 590. The molecular formula is C21H33N2O3+. The summed E-state index contributed by atoms with van der Waals surface area (Å²) in [5.41, 5.74) is 2.46. The van der Waals surface area contributed by atoms with Gasteiger partial charge in [0.2, 0.25) is 0 Å². The maximum absolute atomic E-state index is 12.4. The number of carbonyl (C=O) groups is 2. The largest absolute Gasteiger partial charge is 0.469 e. The number of hydrogen-bond acceptors (Lipinski definition) is 3. The van der Waals surface area contributed by atoms with Crippen molar-refractivity contribution in [2.45, 2.75) is 46.1 Å². The third-order valence-corrected chi connectivity index (χ3v) is 5.14. The summed E-state index contributed by atoms with van der Waals surface area (Å²) >= 11 is 0. The summed E-state index contributed by atoms with van der Waals surface area (Å²) < 4.78 is 4.81. The van der Waals surface area contributed by atoms with E-state index in [2.05, 4.69) is 43.4 Å². The molecular weight excluding hydrogens is 328 g/mol. The molecule has 2 rings (SSSR count). The van der Waals surface area contributed by atoms with Crippen LogP contribution in [-0.4, -0.2) is 38.6 Å². The number of ether oxygens (including phenoxy) is 1. The van der Waals surface area contributed by atoms with Crippen LogP contribution in [0.25, 0.3) is 0 Å².